The molecule has 0 bridgehead atoms. The predicted octanol–water partition coefficient (Wildman–Crippen LogP) is 6.08. The predicted molar refractivity (Wildman–Crippen MR) is 161 cm³/mol. The van der Waals surface area contributed by atoms with Crippen LogP contribution in [0.2, 0.25) is 0 Å². The highest BCUT2D eigenvalue weighted by Gasteiger charge is 2.07. The molecule has 7 heteroatoms. The third-order valence-electron chi connectivity index (χ3n) is 6.65. The van der Waals surface area contributed by atoms with Crippen molar-refractivity contribution in [3.05, 3.63) is 97.0 Å². The van der Waals surface area contributed by atoms with Crippen LogP contribution in [0.15, 0.2) is 91.4 Å². The number of aryl methyl sites for hydroxylation is 1. The number of hydrogen-bond acceptors (Lipinski definition) is 7. The second kappa shape index (κ2) is 13.5. The van der Waals surface area contributed by atoms with Gasteiger partial charge in [-0.05, 0) is 62.6 Å². The number of rotatable bonds is 14. The van der Waals surface area contributed by atoms with Crippen molar-refractivity contribution in [2.75, 3.05) is 36.9 Å². The number of ether oxygens (including phenoxy) is 1. The molecule has 0 fully saturated rings. The molecule has 0 aliphatic carbocycles. The Hall–Kier alpha value is -4.23. The van der Waals surface area contributed by atoms with Crippen LogP contribution < -0.4 is 20.7 Å². The molecule has 39 heavy (non-hydrogen) atoms. The summed E-state index contributed by atoms with van der Waals surface area (Å²) < 4.78 is 6.01. The lowest BCUT2D eigenvalue weighted by atomic mass is 10.1. The summed E-state index contributed by atoms with van der Waals surface area (Å²) >= 11 is 0. The topological polar surface area (TPSA) is 84.0 Å². The van der Waals surface area contributed by atoms with E-state index in [0.29, 0.717) is 6.61 Å². The Morgan fingerprint density at radius 2 is 1.67 bits per heavy atom. The first-order valence-electron chi connectivity index (χ1n) is 13.7. The molecule has 1 atom stereocenters. The van der Waals surface area contributed by atoms with Crippen molar-refractivity contribution in [3.8, 4) is 5.75 Å². The van der Waals surface area contributed by atoms with E-state index in [-0.39, 0.29) is 6.04 Å². The maximum absolute atomic E-state index is 6.01. The second-order valence-corrected chi connectivity index (χ2v) is 9.74. The Morgan fingerprint density at radius 3 is 2.59 bits per heavy atom. The summed E-state index contributed by atoms with van der Waals surface area (Å²) in [4.78, 5) is 13.3. The Labute approximate surface area is 230 Å². The highest BCUT2D eigenvalue weighted by atomic mass is 16.5. The van der Waals surface area contributed by atoms with Crippen molar-refractivity contribution in [2.45, 2.75) is 32.2 Å². The summed E-state index contributed by atoms with van der Waals surface area (Å²) in [5, 5.41) is 12.7. The van der Waals surface area contributed by atoms with Crippen LogP contribution in [0.5, 0.6) is 5.75 Å². The van der Waals surface area contributed by atoms with Gasteiger partial charge in [-0.1, -0.05) is 48.5 Å². The maximum Gasteiger partial charge on any atom is 0.137 e. The summed E-state index contributed by atoms with van der Waals surface area (Å²) in [7, 11) is 0. The van der Waals surface area contributed by atoms with Gasteiger partial charge < -0.3 is 20.7 Å². The minimum absolute atomic E-state index is 0.290. The van der Waals surface area contributed by atoms with Crippen LogP contribution >= 0.6 is 0 Å². The number of aromatic nitrogens is 3. The summed E-state index contributed by atoms with van der Waals surface area (Å²) in [5.74, 6) is 1.70. The van der Waals surface area contributed by atoms with Gasteiger partial charge in [0.1, 0.15) is 17.9 Å². The van der Waals surface area contributed by atoms with Gasteiger partial charge in [0.15, 0.2) is 0 Å². The molecule has 5 aromatic rings. The van der Waals surface area contributed by atoms with E-state index >= 15 is 0 Å². The fraction of sp³-hybridized carbons (Fsp3) is 0.281. The zero-order valence-corrected chi connectivity index (χ0v) is 22.4. The van der Waals surface area contributed by atoms with Gasteiger partial charge in [-0.15, -0.1) is 0 Å². The van der Waals surface area contributed by atoms with Crippen LogP contribution in [0, 0.1) is 0 Å². The molecule has 3 N–H and O–H groups in total. The molecule has 0 amide bonds. The molecule has 0 spiro atoms. The minimum atomic E-state index is 0.290. The molecule has 7 nitrogen and oxygen atoms in total. The lowest BCUT2D eigenvalue weighted by molar-refractivity contribution is 0.308. The zero-order chi connectivity index (χ0) is 26.7. The van der Waals surface area contributed by atoms with Crippen LogP contribution in [0.25, 0.3) is 21.8 Å². The SMILES string of the molecule is CC(CNCCCOc1ccc2c(NCCCc3ccccc3)ncnc2c1)Nc1ccnc2ccccc12. The fourth-order valence-electron chi connectivity index (χ4n) is 4.66. The summed E-state index contributed by atoms with van der Waals surface area (Å²) in [6.07, 6.45) is 6.47. The lowest BCUT2D eigenvalue weighted by Crippen LogP contribution is -2.31. The number of para-hydroxylation sites is 1. The maximum atomic E-state index is 6.01. The largest absolute Gasteiger partial charge is 0.493 e. The molecule has 1 unspecified atom stereocenters. The lowest BCUT2D eigenvalue weighted by Gasteiger charge is -2.17. The number of nitrogens with zero attached hydrogens (tertiary/aromatic N) is 3. The van der Waals surface area contributed by atoms with Crippen molar-refractivity contribution in [1.82, 2.24) is 20.3 Å². The van der Waals surface area contributed by atoms with Gasteiger partial charge in [0.25, 0.3) is 0 Å². The minimum Gasteiger partial charge on any atom is -0.493 e. The Kier molecular flexibility index (Phi) is 9.15. The van der Waals surface area contributed by atoms with E-state index in [2.05, 4.69) is 74.2 Å². The number of anilines is 2. The van der Waals surface area contributed by atoms with E-state index in [1.54, 1.807) is 6.33 Å². The Morgan fingerprint density at radius 1 is 0.795 bits per heavy atom. The van der Waals surface area contributed by atoms with Crippen LogP contribution in [0.3, 0.4) is 0 Å². The van der Waals surface area contributed by atoms with Crippen LogP contribution in [-0.2, 0) is 6.42 Å². The van der Waals surface area contributed by atoms with E-state index < -0.39 is 0 Å². The molecule has 0 aliphatic rings. The van der Waals surface area contributed by atoms with Crippen molar-refractivity contribution in [3.63, 3.8) is 0 Å². The number of hydrogen-bond donors (Lipinski definition) is 3. The average molecular weight is 521 g/mol. The van der Waals surface area contributed by atoms with Gasteiger partial charge in [-0.3, -0.25) is 4.98 Å². The van der Waals surface area contributed by atoms with Crippen molar-refractivity contribution in [1.29, 1.82) is 0 Å². The van der Waals surface area contributed by atoms with Crippen molar-refractivity contribution in [2.24, 2.45) is 0 Å². The van der Waals surface area contributed by atoms with Gasteiger partial charge in [0.05, 0.1) is 17.6 Å². The standard InChI is InChI=1S/C32H36N6O/c1-24(38-30-16-19-34-29-13-6-5-12-27(29)30)22-33-17-8-20-39-26-14-15-28-31(21-26)36-23-37-32(28)35-18-7-11-25-9-3-2-4-10-25/h2-6,9-10,12-16,19,21,23-24,33H,7-8,11,17-18,20,22H2,1H3,(H,34,38)(H,35,36,37). The zero-order valence-electron chi connectivity index (χ0n) is 22.4. The third kappa shape index (κ3) is 7.42. The molecular weight excluding hydrogens is 484 g/mol. The molecule has 0 saturated carbocycles. The number of pyridine rings is 1. The molecule has 0 aliphatic heterocycles. The van der Waals surface area contributed by atoms with E-state index in [0.717, 1.165) is 78.0 Å². The normalized spacial score (nSPS) is 11.9. The van der Waals surface area contributed by atoms with E-state index in [1.165, 1.54) is 5.56 Å². The Balaban J connectivity index is 1.02. The first-order valence-corrected chi connectivity index (χ1v) is 13.7. The molecule has 0 saturated heterocycles. The van der Waals surface area contributed by atoms with Gasteiger partial charge in [0.2, 0.25) is 0 Å². The average Bonchev–Trinajstić information content (AvgIpc) is 2.98. The van der Waals surface area contributed by atoms with Gasteiger partial charge in [-0.25, -0.2) is 9.97 Å². The van der Waals surface area contributed by atoms with Gasteiger partial charge in [0, 0.05) is 47.9 Å². The van der Waals surface area contributed by atoms with Gasteiger partial charge >= 0.3 is 0 Å². The van der Waals surface area contributed by atoms with Crippen molar-refractivity contribution < 1.29 is 4.74 Å². The van der Waals surface area contributed by atoms with Crippen LogP contribution in [0.1, 0.15) is 25.3 Å². The summed E-state index contributed by atoms with van der Waals surface area (Å²) in [5.41, 5.74) is 4.36. The molecule has 200 valence electrons. The number of fused-ring (bicyclic) bond motifs is 2. The second-order valence-electron chi connectivity index (χ2n) is 9.74. The highest BCUT2D eigenvalue weighted by Crippen LogP contribution is 2.24. The summed E-state index contributed by atoms with van der Waals surface area (Å²) in [6, 6.07) is 27.1. The van der Waals surface area contributed by atoms with Crippen molar-refractivity contribution >= 4 is 33.3 Å². The van der Waals surface area contributed by atoms with Crippen LogP contribution in [0.4, 0.5) is 11.5 Å². The number of benzene rings is 3. The molecular formula is C32H36N6O. The van der Waals surface area contributed by atoms with E-state index in [4.69, 9.17) is 4.74 Å². The van der Waals surface area contributed by atoms with E-state index in [9.17, 15) is 0 Å². The van der Waals surface area contributed by atoms with E-state index in [1.807, 2.05) is 48.7 Å². The third-order valence-corrected chi connectivity index (χ3v) is 6.65. The number of nitrogens with one attached hydrogen (secondary N) is 3. The van der Waals surface area contributed by atoms with Crippen LogP contribution in [-0.4, -0.2) is 47.2 Å². The Bertz CT molecular complexity index is 1470. The molecule has 2 aromatic heterocycles. The fourth-order valence-corrected chi connectivity index (χ4v) is 4.66. The molecule has 2 heterocycles. The molecule has 0 radical (unpaired) electrons. The first-order chi connectivity index (χ1) is 19.3. The molecule has 3 aromatic carbocycles. The molecule has 5 rings (SSSR count). The van der Waals surface area contributed by atoms with Gasteiger partial charge in [-0.2, -0.15) is 0 Å². The smallest absolute Gasteiger partial charge is 0.137 e. The monoisotopic (exact) mass is 520 g/mol. The highest BCUT2D eigenvalue weighted by molar-refractivity contribution is 5.91. The summed E-state index contributed by atoms with van der Waals surface area (Å²) in [6.45, 7) is 5.44. The quantitative estimate of drug-likeness (QED) is 0.153. The first kappa shape index (κ1) is 26.4.